The molecule has 0 unspecified atom stereocenters. The summed E-state index contributed by atoms with van der Waals surface area (Å²) in [5, 5.41) is 8.63. The van der Waals surface area contributed by atoms with Crippen LogP contribution in [0.5, 0.6) is 0 Å². The summed E-state index contributed by atoms with van der Waals surface area (Å²) in [6.45, 7) is 1.30. The molecule has 78 valence electrons. The number of nitrogens with two attached hydrogens (primary N) is 1. The van der Waals surface area contributed by atoms with Crippen LogP contribution >= 0.6 is 0 Å². The maximum Gasteiger partial charge on any atom is 0.267 e. The van der Waals surface area contributed by atoms with Crippen LogP contribution in [-0.4, -0.2) is 10.9 Å². The largest absolute Gasteiger partial charge is 0.364 e. The van der Waals surface area contributed by atoms with E-state index in [4.69, 9.17) is 11.0 Å². The van der Waals surface area contributed by atoms with Crippen LogP contribution in [0.15, 0.2) is 6.07 Å². The van der Waals surface area contributed by atoms with Crippen LogP contribution in [-0.2, 0) is 0 Å². The monoisotopic (exact) mass is 211 g/mol. The Kier molecular flexibility index (Phi) is 2.95. The number of carbonyl (C=O) groups is 1. The molecule has 0 saturated heterocycles. The van der Waals surface area contributed by atoms with Gasteiger partial charge in [-0.3, -0.25) is 4.79 Å². The van der Waals surface area contributed by atoms with Gasteiger partial charge in [0.15, 0.2) is 0 Å². The Labute approximate surface area is 84.3 Å². The fourth-order valence-electron chi connectivity index (χ4n) is 1.18. The summed E-state index contributed by atoms with van der Waals surface area (Å²) >= 11 is 0. The van der Waals surface area contributed by atoms with E-state index in [-0.39, 0.29) is 17.0 Å². The molecule has 1 aromatic heterocycles. The van der Waals surface area contributed by atoms with Gasteiger partial charge in [-0.2, -0.15) is 5.26 Å². The Bertz CT molecular complexity index is 451. The van der Waals surface area contributed by atoms with Crippen LogP contribution in [0.25, 0.3) is 0 Å². The van der Waals surface area contributed by atoms with Crippen LogP contribution in [0, 0.1) is 18.3 Å². The molecule has 0 atom stereocenters. The minimum absolute atomic E-state index is 0.0575. The number of hydrogen-bond acceptors (Lipinski definition) is 3. The van der Waals surface area contributed by atoms with Gasteiger partial charge in [-0.15, -0.1) is 0 Å². The third kappa shape index (κ3) is 2.07. The number of amides is 1. The van der Waals surface area contributed by atoms with Gasteiger partial charge in [0.1, 0.15) is 5.69 Å². The second-order valence-corrected chi connectivity index (χ2v) is 2.83. The molecular weight excluding hydrogens is 204 g/mol. The molecule has 0 spiro atoms. The first kappa shape index (κ1) is 11.0. The third-order valence-electron chi connectivity index (χ3n) is 1.84. The van der Waals surface area contributed by atoms with Crippen LogP contribution < -0.4 is 5.73 Å². The van der Waals surface area contributed by atoms with Gasteiger partial charge in [0.2, 0.25) is 0 Å². The molecule has 1 heterocycles. The molecule has 0 aliphatic heterocycles. The minimum Gasteiger partial charge on any atom is -0.364 e. The van der Waals surface area contributed by atoms with Crippen molar-refractivity contribution in [1.29, 1.82) is 5.26 Å². The van der Waals surface area contributed by atoms with Crippen molar-refractivity contribution in [2.75, 3.05) is 0 Å². The van der Waals surface area contributed by atoms with Crippen molar-refractivity contribution in [3.8, 4) is 6.07 Å². The second kappa shape index (κ2) is 4.00. The summed E-state index contributed by atoms with van der Waals surface area (Å²) in [5.41, 5.74) is 3.96. The number of pyridine rings is 1. The predicted octanol–water partition coefficient (Wildman–Crippen LogP) is 1.30. The van der Waals surface area contributed by atoms with Crippen molar-refractivity contribution in [2.24, 2.45) is 5.73 Å². The maximum atomic E-state index is 12.5. The number of aryl methyl sites for hydroxylation is 1. The summed E-state index contributed by atoms with van der Waals surface area (Å²) in [7, 11) is 0. The quantitative estimate of drug-likeness (QED) is 0.800. The highest BCUT2D eigenvalue weighted by Gasteiger charge is 2.19. The number of carbonyl (C=O) groups excluding carboxylic acids is 1. The van der Waals surface area contributed by atoms with Gasteiger partial charge in [0, 0.05) is 5.69 Å². The van der Waals surface area contributed by atoms with E-state index in [1.165, 1.54) is 6.92 Å². The lowest BCUT2D eigenvalue weighted by molar-refractivity contribution is 0.0994. The molecular formula is C9H7F2N3O. The normalized spacial score (nSPS) is 10.1. The molecule has 0 aromatic carbocycles. The first-order chi connectivity index (χ1) is 6.97. The van der Waals surface area contributed by atoms with Crippen LogP contribution in [0.2, 0.25) is 0 Å². The highest BCUT2D eigenvalue weighted by atomic mass is 19.3. The van der Waals surface area contributed by atoms with E-state index in [0.29, 0.717) is 0 Å². The zero-order valence-electron chi connectivity index (χ0n) is 7.79. The van der Waals surface area contributed by atoms with Crippen molar-refractivity contribution in [2.45, 2.75) is 13.3 Å². The second-order valence-electron chi connectivity index (χ2n) is 2.83. The van der Waals surface area contributed by atoms with Gasteiger partial charge < -0.3 is 5.73 Å². The van der Waals surface area contributed by atoms with E-state index in [2.05, 4.69) is 4.98 Å². The smallest absolute Gasteiger partial charge is 0.267 e. The number of rotatable bonds is 2. The summed E-state index contributed by atoms with van der Waals surface area (Å²) in [6, 6.07) is 2.55. The van der Waals surface area contributed by atoms with Crippen molar-refractivity contribution in [3.63, 3.8) is 0 Å². The molecule has 6 heteroatoms. The number of halogens is 2. The molecule has 0 radical (unpaired) electrons. The van der Waals surface area contributed by atoms with E-state index in [1.54, 1.807) is 6.07 Å². The molecule has 2 N–H and O–H groups in total. The first-order valence-corrected chi connectivity index (χ1v) is 3.97. The zero-order chi connectivity index (χ0) is 11.6. The fraction of sp³-hybridized carbons (Fsp3) is 0.222. The molecule has 15 heavy (non-hydrogen) atoms. The molecule has 1 rings (SSSR count). The van der Waals surface area contributed by atoms with E-state index in [0.717, 1.165) is 6.07 Å². The zero-order valence-corrected chi connectivity index (χ0v) is 7.79. The Morgan fingerprint density at radius 2 is 2.27 bits per heavy atom. The van der Waals surface area contributed by atoms with Gasteiger partial charge in [-0.1, -0.05) is 0 Å². The van der Waals surface area contributed by atoms with E-state index in [9.17, 15) is 13.6 Å². The predicted molar refractivity (Wildman–Crippen MR) is 47.2 cm³/mol. The summed E-state index contributed by atoms with van der Waals surface area (Å²) in [4.78, 5) is 14.4. The topological polar surface area (TPSA) is 79.8 Å². The SMILES string of the molecule is Cc1nc(C(N)=O)cc(C#N)c1C(F)F. The number of hydrogen-bond donors (Lipinski definition) is 1. The molecule has 0 aliphatic rings. The Balaban J connectivity index is 3.46. The van der Waals surface area contributed by atoms with Crippen LogP contribution in [0.3, 0.4) is 0 Å². The third-order valence-corrected chi connectivity index (χ3v) is 1.84. The van der Waals surface area contributed by atoms with Gasteiger partial charge in [-0.25, -0.2) is 13.8 Å². The van der Waals surface area contributed by atoms with Gasteiger partial charge in [-0.05, 0) is 13.0 Å². The minimum atomic E-state index is -2.80. The van der Waals surface area contributed by atoms with Crippen LogP contribution in [0.1, 0.15) is 33.7 Å². The Morgan fingerprint density at radius 3 is 2.67 bits per heavy atom. The number of nitriles is 1. The molecule has 0 saturated carbocycles. The van der Waals surface area contributed by atoms with Crippen molar-refractivity contribution in [3.05, 3.63) is 28.6 Å². The van der Waals surface area contributed by atoms with Crippen LogP contribution in [0.4, 0.5) is 8.78 Å². The lowest BCUT2D eigenvalue weighted by Gasteiger charge is -2.07. The number of nitrogens with zero attached hydrogens (tertiary/aromatic N) is 2. The summed E-state index contributed by atoms with van der Waals surface area (Å²) in [6.07, 6.45) is -2.80. The molecule has 0 aliphatic carbocycles. The lowest BCUT2D eigenvalue weighted by atomic mass is 10.1. The fourth-order valence-corrected chi connectivity index (χ4v) is 1.18. The van der Waals surface area contributed by atoms with E-state index < -0.39 is 17.9 Å². The highest BCUT2D eigenvalue weighted by molar-refractivity contribution is 5.91. The Hall–Kier alpha value is -2.03. The number of alkyl halides is 2. The van der Waals surface area contributed by atoms with Crippen molar-refractivity contribution in [1.82, 2.24) is 4.98 Å². The van der Waals surface area contributed by atoms with E-state index >= 15 is 0 Å². The number of aromatic nitrogens is 1. The summed E-state index contributed by atoms with van der Waals surface area (Å²) in [5.74, 6) is -0.851. The standard InChI is InChI=1S/C9H7F2N3O/c1-4-7(8(10)11)5(3-12)2-6(14-4)9(13)15/h2,8H,1H3,(H2,13,15). The first-order valence-electron chi connectivity index (χ1n) is 3.97. The molecule has 1 amide bonds. The average Bonchev–Trinajstić information content (AvgIpc) is 2.15. The molecule has 1 aromatic rings. The summed E-state index contributed by atoms with van der Waals surface area (Å²) < 4.78 is 25.0. The molecule has 0 bridgehead atoms. The number of primary amides is 1. The van der Waals surface area contributed by atoms with E-state index in [1.807, 2.05) is 0 Å². The van der Waals surface area contributed by atoms with Gasteiger partial charge >= 0.3 is 0 Å². The van der Waals surface area contributed by atoms with Crippen molar-refractivity contribution < 1.29 is 13.6 Å². The highest BCUT2D eigenvalue weighted by Crippen LogP contribution is 2.25. The van der Waals surface area contributed by atoms with Gasteiger partial charge in [0.25, 0.3) is 12.3 Å². The van der Waals surface area contributed by atoms with Gasteiger partial charge in [0.05, 0.1) is 17.2 Å². The van der Waals surface area contributed by atoms with Crippen molar-refractivity contribution >= 4 is 5.91 Å². The molecule has 4 nitrogen and oxygen atoms in total. The lowest BCUT2D eigenvalue weighted by Crippen LogP contribution is -2.15. The average molecular weight is 211 g/mol. The Morgan fingerprint density at radius 1 is 1.67 bits per heavy atom. The maximum absolute atomic E-state index is 12.5. The molecule has 0 fully saturated rings.